The van der Waals surface area contributed by atoms with E-state index in [9.17, 15) is 19.8 Å². The molecule has 12 nitrogen and oxygen atoms in total. The van der Waals surface area contributed by atoms with E-state index >= 15 is 0 Å². The number of carbonyl (C=O) groups is 2. The van der Waals surface area contributed by atoms with Crippen molar-refractivity contribution in [3.05, 3.63) is 124 Å². The standard InChI is InChI=1S/C50H57ClN6O6/c1-31(30-63-44-17-23-52-42-12-6-8-32(2)45(42)44)24-35-25-33-14-15-34(26-40(33)49(35)18-20-50(21-19-49,47(60)61)57-37-10-7-9-36(51)27-37)46(59)54-28-38(58)29-55-48-53-22-16-41(56-48)39-11-4-5-13-43(39)62-3/h4-5,7,9-11,13-17,22-23,26-27,31-32,35,38,57-58H,6,8,12,18-21,24-25,28-30H2,1-3H3,(H,54,59)(H,60,61)(H,53,55,56)/t31-,32-,35?,38?,49?,50?/m1/s1. The number of hydrogen-bond donors (Lipinski definition) is 5. The fourth-order valence-electron chi connectivity index (χ4n) is 10.3. The molecule has 3 aliphatic carbocycles. The van der Waals surface area contributed by atoms with Crippen molar-refractivity contribution in [2.45, 2.75) is 94.6 Å². The van der Waals surface area contributed by atoms with E-state index in [1.165, 1.54) is 11.1 Å². The number of para-hydroxylation sites is 1. The second kappa shape index (κ2) is 18.9. The summed E-state index contributed by atoms with van der Waals surface area (Å²) in [5, 5.41) is 31.6. The first kappa shape index (κ1) is 43.9. The molecule has 330 valence electrons. The van der Waals surface area contributed by atoms with Crippen LogP contribution in [0, 0.1) is 11.8 Å². The van der Waals surface area contributed by atoms with Crippen molar-refractivity contribution in [3.63, 3.8) is 0 Å². The number of pyridine rings is 1. The number of aliphatic hydroxyl groups is 1. The minimum atomic E-state index is -1.17. The van der Waals surface area contributed by atoms with Crippen molar-refractivity contribution in [2.24, 2.45) is 11.8 Å². The monoisotopic (exact) mass is 872 g/mol. The number of carboxylic acids is 1. The highest BCUT2D eigenvalue weighted by Gasteiger charge is 2.54. The third-order valence-corrected chi connectivity index (χ3v) is 13.8. The number of aliphatic hydroxyl groups excluding tert-OH is 1. The SMILES string of the molecule is COc1ccccc1-c1ccnc(NCC(O)CNC(=O)c2ccc3c(c2)C2(CCC(Nc4cccc(Cl)c4)(C(=O)O)CC2)C(C[C@@H](C)COc2ccnc4c2[C@H](C)CCC4)C3)n1. The zero-order valence-corrected chi connectivity index (χ0v) is 37.0. The predicted octanol–water partition coefficient (Wildman–Crippen LogP) is 8.87. The fourth-order valence-corrected chi connectivity index (χ4v) is 10.5. The molecule has 0 radical (unpaired) electrons. The molecule has 0 aliphatic heterocycles. The number of fused-ring (bicyclic) bond motifs is 3. The van der Waals surface area contributed by atoms with Gasteiger partial charge in [0.2, 0.25) is 5.95 Å². The van der Waals surface area contributed by atoms with Gasteiger partial charge in [-0.2, -0.15) is 0 Å². The number of benzene rings is 3. The quantitative estimate of drug-likeness (QED) is 0.0643. The van der Waals surface area contributed by atoms with Crippen molar-refractivity contribution in [1.29, 1.82) is 0 Å². The van der Waals surface area contributed by atoms with E-state index in [1.54, 1.807) is 31.5 Å². The third-order valence-electron chi connectivity index (χ3n) is 13.6. The molecule has 3 aromatic carbocycles. The molecule has 8 rings (SSSR count). The number of carboxylic acid groups (broad SMARTS) is 1. The highest BCUT2D eigenvalue weighted by atomic mass is 35.5. The van der Waals surface area contributed by atoms with Crippen LogP contribution in [-0.2, 0) is 23.1 Å². The van der Waals surface area contributed by atoms with Crippen LogP contribution in [0.3, 0.4) is 0 Å². The molecule has 63 heavy (non-hydrogen) atoms. The predicted molar refractivity (Wildman–Crippen MR) is 245 cm³/mol. The van der Waals surface area contributed by atoms with Gasteiger partial charge in [-0.1, -0.05) is 49.7 Å². The lowest BCUT2D eigenvalue weighted by Gasteiger charge is -2.47. The van der Waals surface area contributed by atoms with Gasteiger partial charge in [-0.25, -0.2) is 14.8 Å². The normalized spacial score (nSPS) is 22.3. The number of aromatic nitrogens is 3. The topological polar surface area (TPSA) is 168 Å². The summed E-state index contributed by atoms with van der Waals surface area (Å²) >= 11 is 6.31. The lowest BCUT2D eigenvalue weighted by atomic mass is 9.59. The Bertz CT molecular complexity index is 2440. The molecule has 5 aromatic rings. The molecule has 1 spiro atoms. The van der Waals surface area contributed by atoms with Gasteiger partial charge in [0.05, 0.1) is 25.5 Å². The molecule has 1 saturated carbocycles. The number of amides is 1. The number of rotatable bonds is 16. The maximum absolute atomic E-state index is 13.8. The summed E-state index contributed by atoms with van der Waals surface area (Å²) in [5.41, 5.74) is 5.84. The minimum absolute atomic E-state index is 0.0101. The molecule has 13 heteroatoms. The molecule has 2 heterocycles. The second-order valence-corrected chi connectivity index (χ2v) is 18.2. The molecule has 0 saturated heterocycles. The highest BCUT2D eigenvalue weighted by molar-refractivity contribution is 6.30. The van der Waals surface area contributed by atoms with E-state index in [4.69, 9.17) is 21.1 Å². The lowest BCUT2D eigenvalue weighted by molar-refractivity contribution is -0.144. The fraction of sp³-hybridized carbons (Fsp3) is 0.420. The number of aliphatic carboxylic acids is 1. The van der Waals surface area contributed by atoms with Crippen LogP contribution in [-0.4, -0.2) is 75.5 Å². The van der Waals surface area contributed by atoms with Crippen molar-refractivity contribution in [1.82, 2.24) is 20.3 Å². The molecule has 1 fully saturated rings. The van der Waals surface area contributed by atoms with Gasteiger partial charge < -0.3 is 35.6 Å². The Morgan fingerprint density at radius 1 is 0.952 bits per heavy atom. The number of ether oxygens (including phenoxy) is 2. The first-order valence-electron chi connectivity index (χ1n) is 22.1. The van der Waals surface area contributed by atoms with Crippen molar-refractivity contribution >= 4 is 35.1 Å². The Morgan fingerprint density at radius 3 is 2.56 bits per heavy atom. The van der Waals surface area contributed by atoms with Gasteiger partial charge in [0.1, 0.15) is 17.0 Å². The Balaban J connectivity index is 0.969. The Morgan fingerprint density at radius 2 is 1.76 bits per heavy atom. The molecule has 0 bridgehead atoms. The zero-order chi connectivity index (χ0) is 44.1. The van der Waals surface area contributed by atoms with Crippen molar-refractivity contribution < 1.29 is 29.3 Å². The average molecular weight is 873 g/mol. The molecule has 2 unspecified atom stereocenters. The second-order valence-electron chi connectivity index (χ2n) is 17.8. The maximum atomic E-state index is 13.8. The highest BCUT2D eigenvalue weighted by Crippen LogP contribution is 2.56. The van der Waals surface area contributed by atoms with Gasteiger partial charge in [0, 0.05) is 58.6 Å². The molecule has 4 atom stereocenters. The smallest absolute Gasteiger partial charge is 0.329 e. The van der Waals surface area contributed by atoms with Crippen LogP contribution in [0.15, 0.2) is 91.3 Å². The van der Waals surface area contributed by atoms with Gasteiger partial charge >= 0.3 is 5.97 Å². The van der Waals surface area contributed by atoms with Crippen LogP contribution in [0.5, 0.6) is 11.5 Å². The number of nitrogens with one attached hydrogen (secondary N) is 3. The zero-order valence-electron chi connectivity index (χ0n) is 36.2. The number of nitrogens with zero attached hydrogens (tertiary/aromatic N) is 3. The molecule has 2 aromatic heterocycles. The summed E-state index contributed by atoms with van der Waals surface area (Å²) in [7, 11) is 1.61. The average Bonchev–Trinajstić information content (AvgIpc) is 3.58. The number of aryl methyl sites for hydroxylation is 1. The number of hydrogen-bond acceptors (Lipinski definition) is 10. The van der Waals surface area contributed by atoms with E-state index in [0.29, 0.717) is 71.9 Å². The van der Waals surface area contributed by atoms with Crippen LogP contribution in [0.4, 0.5) is 11.6 Å². The van der Waals surface area contributed by atoms with Gasteiger partial charge in [0.25, 0.3) is 5.91 Å². The summed E-state index contributed by atoms with van der Waals surface area (Å²) < 4.78 is 12.1. The third kappa shape index (κ3) is 9.48. The summed E-state index contributed by atoms with van der Waals surface area (Å²) in [6.07, 6.45) is 9.60. The molecular weight excluding hydrogens is 816 g/mol. The summed E-state index contributed by atoms with van der Waals surface area (Å²) in [6.45, 7) is 5.18. The Labute approximate surface area is 374 Å². The van der Waals surface area contributed by atoms with Crippen LogP contribution in [0.25, 0.3) is 11.3 Å². The Kier molecular flexibility index (Phi) is 13.2. The molecular formula is C50H57ClN6O6. The van der Waals surface area contributed by atoms with Crippen LogP contribution < -0.4 is 25.4 Å². The number of halogens is 1. The first-order valence-corrected chi connectivity index (χ1v) is 22.5. The first-order chi connectivity index (χ1) is 30.5. The van der Waals surface area contributed by atoms with Crippen molar-refractivity contribution in [3.8, 4) is 22.8 Å². The van der Waals surface area contributed by atoms with Crippen LogP contribution >= 0.6 is 11.6 Å². The van der Waals surface area contributed by atoms with Gasteiger partial charge in [0.15, 0.2) is 0 Å². The largest absolute Gasteiger partial charge is 0.496 e. The molecule has 5 N–H and O–H groups in total. The number of methoxy groups -OCH3 is 1. The molecule has 1 amide bonds. The number of anilines is 2. The van der Waals surface area contributed by atoms with Crippen molar-refractivity contribution in [2.75, 3.05) is 37.4 Å². The van der Waals surface area contributed by atoms with Gasteiger partial charge in [-0.3, -0.25) is 9.78 Å². The maximum Gasteiger partial charge on any atom is 0.329 e. The summed E-state index contributed by atoms with van der Waals surface area (Å²) in [5.74, 6) is 1.62. The van der Waals surface area contributed by atoms with E-state index in [2.05, 4.69) is 50.8 Å². The molecule has 3 aliphatic rings. The van der Waals surface area contributed by atoms with E-state index < -0.39 is 17.6 Å². The van der Waals surface area contributed by atoms with Gasteiger partial charge in [-0.05, 0) is 147 Å². The lowest BCUT2D eigenvalue weighted by Crippen LogP contribution is -2.53. The Hall–Kier alpha value is -5.72. The minimum Gasteiger partial charge on any atom is -0.496 e. The van der Waals surface area contributed by atoms with Gasteiger partial charge in [-0.15, -0.1) is 0 Å². The summed E-state index contributed by atoms with van der Waals surface area (Å²) in [6, 6.07) is 24.5. The number of carbonyl (C=O) groups excluding carboxylic acids is 1. The van der Waals surface area contributed by atoms with E-state index in [0.717, 1.165) is 54.7 Å². The van der Waals surface area contributed by atoms with E-state index in [1.807, 2.05) is 60.8 Å². The van der Waals surface area contributed by atoms with Crippen LogP contribution in [0.1, 0.15) is 97.5 Å². The van der Waals surface area contributed by atoms with E-state index in [-0.39, 0.29) is 36.2 Å². The van der Waals surface area contributed by atoms with Crippen LogP contribution in [0.2, 0.25) is 5.02 Å². The summed E-state index contributed by atoms with van der Waals surface area (Å²) in [4.78, 5) is 40.5.